The third kappa shape index (κ3) is 3.42. The Balaban J connectivity index is 1.92. The summed E-state index contributed by atoms with van der Waals surface area (Å²) in [4.78, 5) is 28.0. The van der Waals surface area contributed by atoms with E-state index in [4.69, 9.17) is 5.11 Å². The quantitative estimate of drug-likeness (QED) is 0.539. The highest BCUT2D eigenvalue weighted by molar-refractivity contribution is 7.98. The van der Waals surface area contributed by atoms with Crippen LogP contribution in [0.15, 0.2) is 52.2 Å². The van der Waals surface area contributed by atoms with Crippen LogP contribution in [-0.4, -0.2) is 20.6 Å². The second-order valence-corrected chi connectivity index (χ2v) is 6.91. The number of fused-ring (bicyclic) bond motifs is 1. The number of nitrogens with zero attached hydrogens (tertiary/aromatic N) is 2. The Kier molecular flexibility index (Phi) is 4.82. The SMILES string of the molecule is C=Cc1ccc(CSc2nc3ccsc3c(=O)n2CC(=O)O)cc1. The number of benzene rings is 1. The molecule has 0 atom stereocenters. The molecular formula is C17H14N2O3S2. The summed E-state index contributed by atoms with van der Waals surface area (Å²) >= 11 is 2.63. The van der Waals surface area contributed by atoms with Crippen LogP contribution in [0.1, 0.15) is 11.1 Å². The van der Waals surface area contributed by atoms with E-state index in [2.05, 4.69) is 11.6 Å². The van der Waals surface area contributed by atoms with Gasteiger partial charge < -0.3 is 5.11 Å². The molecule has 0 amide bonds. The highest BCUT2D eigenvalue weighted by Gasteiger charge is 2.15. The molecule has 0 unspecified atom stereocenters. The molecule has 24 heavy (non-hydrogen) atoms. The number of rotatable bonds is 6. The van der Waals surface area contributed by atoms with Gasteiger partial charge in [-0.05, 0) is 22.6 Å². The van der Waals surface area contributed by atoms with Gasteiger partial charge in [0.15, 0.2) is 5.16 Å². The number of hydrogen-bond donors (Lipinski definition) is 1. The fraction of sp³-hybridized carbons (Fsp3) is 0.118. The monoisotopic (exact) mass is 358 g/mol. The van der Waals surface area contributed by atoms with Crippen molar-refractivity contribution in [1.29, 1.82) is 0 Å². The summed E-state index contributed by atoms with van der Waals surface area (Å²) in [7, 11) is 0. The second-order valence-electron chi connectivity index (χ2n) is 5.05. The highest BCUT2D eigenvalue weighted by atomic mass is 32.2. The van der Waals surface area contributed by atoms with Crippen LogP contribution in [0.25, 0.3) is 16.3 Å². The van der Waals surface area contributed by atoms with Crippen molar-refractivity contribution in [3.8, 4) is 0 Å². The Bertz CT molecular complexity index is 958. The molecule has 0 bridgehead atoms. The van der Waals surface area contributed by atoms with Gasteiger partial charge in [-0.15, -0.1) is 11.3 Å². The van der Waals surface area contributed by atoms with Crippen molar-refractivity contribution >= 4 is 45.4 Å². The average Bonchev–Trinajstić information content (AvgIpc) is 3.05. The lowest BCUT2D eigenvalue weighted by Gasteiger charge is -2.10. The molecule has 2 aromatic heterocycles. The van der Waals surface area contributed by atoms with Crippen molar-refractivity contribution in [1.82, 2.24) is 9.55 Å². The summed E-state index contributed by atoms with van der Waals surface area (Å²) in [5.41, 5.74) is 2.40. The van der Waals surface area contributed by atoms with Crippen molar-refractivity contribution in [3.05, 3.63) is 63.8 Å². The maximum absolute atomic E-state index is 12.5. The molecule has 122 valence electrons. The molecule has 0 fully saturated rings. The van der Waals surface area contributed by atoms with Gasteiger partial charge in [-0.3, -0.25) is 14.2 Å². The maximum Gasteiger partial charge on any atom is 0.323 e. The molecule has 3 aromatic rings. The summed E-state index contributed by atoms with van der Waals surface area (Å²) in [5.74, 6) is -0.467. The second kappa shape index (κ2) is 7.02. The van der Waals surface area contributed by atoms with Gasteiger partial charge in [0.05, 0.1) is 5.52 Å². The zero-order valence-electron chi connectivity index (χ0n) is 12.6. The minimum atomic E-state index is -1.06. The van der Waals surface area contributed by atoms with Crippen molar-refractivity contribution in [2.24, 2.45) is 0 Å². The lowest BCUT2D eigenvalue weighted by atomic mass is 10.1. The number of aliphatic carboxylic acids is 1. The summed E-state index contributed by atoms with van der Waals surface area (Å²) in [5, 5.41) is 11.3. The van der Waals surface area contributed by atoms with Gasteiger partial charge in [-0.1, -0.05) is 48.7 Å². The summed E-state index contributed by atoms with van der Waals surface area (Å²) in [6.07, 6.45) is 1.77. The summed E-state index contributed by atoms with van der Waals surface area (Å²) < 4.78 is 1.71. The zero-order chi connectivity index (χ0) is 17.1. The van der Waals surface area contributed by atoms with Crippen LogP contribution < -0.4 is 5.56 Å². The Morgan fingerprint density at radius 2 is 2.08 bits per heavy atom. The number of carbonyl (C=O) groups is 1. The Labute approximate surface area is 146 Å². The van der Waals surface area contributed by atoms with Gasteiger partial charge >= 0.3 is 5.97 Å². The molecule has 1 aromatic carbocycles. The van der Waals surface area contributed by atoms with E-state index >= 15 is 0 Å². The zero-order valence-corrected chi connectivity index (χ0v) is 14.3. The Morgan fingerprint density at radius 1 is 1.33 bits per heavy atom. The minimum Gasteiger partial charge on any atom is -0.480 e. The molecule has 0 aliphatic rings. The topological polar surface area (TPSA) is 72.2 Å². The van der Waals surface area contributed by atoms with E-state index in [-0.39, 0.29) is 5.56 Å². The highest BCUT2D eigenvalue weighted by Crippen LogP contribution is 2.24. The van der Waals surface area contributed by atoms with E-state index in [1.807, 2.05) is 24.3 Å². The van der Waals surface area contributed by atoms with Gasteiger partial charge in [-0.2, -0.15) is 0 Å². The van der Waals surface area contributed by atoms with Gasteiger partial charge in [0.2, 0.25) is 0 Å². The van der Waals surface area contributed by atoms with Crippen LogP contribution in [0, 0.1) is 0 Å². The minimum absolute atomic E-state index is 0.304. The average molecular weight is 358 g/mol. The first-order valence-corrected chi connectivity index (χ1v) is 8.99. The van der Waals surface area contributed by atoms with Crippen molar-refractivity contribution in [3.63, 3.8) is 0 Å². The first kappa shape index (κ1) is 16.5. The number of aromatic nitrogens is 2. The van der Waals surface area contributed by atoms with E-state index in [1.165, 1.54) is 27.7 Å². The molecular weight excluding hydrogens is 344 g/mol. The van der Waals surface area contributed by atoms with Crippen LogP contribution in [0.3, 0.4) is 0 Å². The predicted molar refractivity (Wildman–Crippen MR) is 97.6 cm³/mol. The first-order chi connectivity index (χ1) is 11.6. The van der Waals surface area contributed by atoms with Gasteiger partial charge in [0, 0.05) is 5.75 Å². The van der Waals surface area contributed by atoms with Gasteiger partial charge in [0.1, 0.15) is 11.2 Å². The molecule has 3 rings (SSSR count). The number of carboxylic acid groups (broad SMARTS) is 1. The van der Waals surface area contributed by atoms with Crippen LogP contribution in [0.5, 0.6) is 0 Å². The fourth-order valence-electron chi connectivity index (χ4n) is 2.21. The van der Waals surface area contributed by atoms with E-state index in [9.17, 15) is 9.59 Å². The van der Waals surface area contributed by atoms with Crippen LogP contribution >= 0.6 is 23.1 Å². The third-order valence-corrected chi connectivity index (χ3v) is 5.35. The molecule has 0 spiro atoms. The van der Waals surface area contributed by atoms with E-state index in [1.54, 1.807) is 17.5 Å². The molecule has 0 aliphatic carbocycles. The van der Waals surface area contributed by atoms with Crippen LogP contribution in [0.2, 0.25) is 0 Å². The molecule has 5 nitrogen and oxygen atoms in total. The molecule has 1 N–H and O–H groups in total. The number of thioether (sulfide) groups is 1. The lowest BCUT2D eigenvalue weighted by Crippen LogP contribution is -2.26. The van der Waals surface area contributed by atoms with E-state index in [0.29, 0.717) is 21.1 Å². The molecule has 0 saturated carbocycles. The van der Waals surface area contributed by atoms with Crippen LogP contribution in [0.4, 0.5) is 0 Å². The van der Waals surface area contributed by atoms with E-state index < -0.39 is 12.5 Å². The molecule has 0 aliphatic heterocycles. The standard InChI is InChI=1S/C17H14N2O3S2/c1-2-11-3-5-12(6-4-11)10-24-17-18-13-7-8-23-15(13)16(22)19(17)9-14(20)21/h2-8H,1,9-10H2,(H,20,21). The normalized spacial score (nSPS) is 10.8. The molecule has 0 radical (unpaired) electrons. The molecule has 2 heterocycles. The third-order valence-electron chi connectivity index (χ3n) is 3.41. The Hall–Kier alpha value is -2.38. The molecule has 7 heteroatoms. The van der Waals surface area contributed by atoms with Crippen LogP contribution in [-0.2, 0) is 17.1 Å². The van der Waals surface area contributed by atoms with Crippen molar-refractivity contribution in [2.45, 2.75) is 17.5 Å². The van der Waals surface area contributed by atoms with Crippen molar-refractivity contribution in [2.75, 3.05) is 0 Å². The predicted octanol–water partition coefficient (Wildman–Crippen LogP) is 3.48. The number of carboxylic acids is 1. The lowest BCUT2D eigenvalue weighted by molar-refractivity contribution is -0.137. The first-order valence-electron chi connectivity index (χ1n) is 7.12. The Morgan fingerprint density at radius 3 is 2.75 bits per heavy atom. The van der Waals surface area contributed by atoms with Crippen molar-refractivity contribution < 1.29 is 9.90 Å². The van der Waals surface area contributed by atoms with E-state index in [0.717, 1.165) is 11.1 Å². The smallest absolute Gasteiger partial charge is 0.323 e. The van der Waals surface area contributed by atoms with Gasteiger partial charge in [-0.25, -0.2) is 4.98 Å². The summed E-state index contributed by atoms with van der Waals surface area (Å²) in [6.45, 7) is 3.33. The number of hydrogen-bond acceptors (Lipinski definition) is 5. The summed E-state index contributed by atoms with van der Waals surface area (Å²) in [6, 6.07) is 9.65. The van der Waals surface area contributed by atoms with Gasteiger partial charge in [0.25, 0.3) is 5.56 Å². The number of thiophene rings is 1. The fourth-order valence-corrected chi connectivity index (χ4v) is 3.94. The maximum atomic E-state index is 12.5. The largest absolute Gasteiger partial charge is 0.480 e. The molecule has 0 saturated heterocycles.